The lowest BCUT2D eigenvalue weighted by molar-refractivity contribution is 0.0600. The normalized spacial score (nSPS) is 12.6. The quantitative estimate of drug-likeness (QED) is 0.770. The molecular formula is C16H21NO2. The third kappa shape index (κ3) is 4.75. The van der Waals surface area contributed by atoms with Gasteiger partial charge in [-0.1, -0.05) is 32.9 Å². The van der Waals surface area contributed by atoms with Crippen molar-refractivity contribution in [2.45, 2.75) is 39.5 Å². The van der Waals surface area contributed by atoms with Crippen molar-refractivity contribution in [3.05, 3.63) is 35.4 Å². The monoisotopic (exact) mass is 259 g/mol. The number of hydrogen-bond acceptors (Lipinski definition) is 3. The molecule has 19 heavy (non-hydrogen) atoms. The molecule has 0 aliphatic carbocycles. The van der Waals surface area contributed by atoms with Crippen LogP contribution >= 0.6 is 0 Å². The van der Waals surface area contributed by atoms with Crippen molar-refractivity contribution in [1.82, 2.24) is 0 Å². The van der Waals surface area contributed by atoms with Gasteiger partial charge in [-0.15, -0.1) is 0 Å². The Morgan fingerprint density at radius 2 is 1.89 bits per heavy atom. The first-order valence-electron chi connectivity index (χ1n) is 6.45. The smallest absolute Gasteiger partial charge is 0.337 e. The van der Waals surface area contributed by atoms with Gasteiger partial charge in [0.25, 0.3) is 0 Å². The Bertz CT molecular complexity index is 463. The maximum Gasteiger partial charge on any atom is 0.337 e. The molecule has 0 N–H and O–H groups in total. The Labute approximate surface area is 115 Å². The molecule has 0 fully saturated rings. The number of carbonyl (C=O) groups is 1. The van der Waals surface area contributed by atoms with Crippen LogP contribution in [0.5, 0.6) is 0 Å². The van der Waals surface area contributed by atoms with Crippen LogP contribution in [-0.2, 0) is 4.74 Å². The van der Waals surface area contributed by atoms with Crippen LogP contribution < -0.4 is 0 Å². The van der Waals surface area contributed by atoms with E-state index in [2.05, 4.69) is 31.6 Å². The lowest BCUT2D eigenvalue weighted by Gasteiger charge is -2.20. The molecule has 1 aromatic carbocycles. The van der Waals surface area contributed by atoms with Crippen LogP contribution in [0, 0.1) is 16.7 Å². The molecule has 0 spiro atoms. The number of rotatable bonds is 4. The number of methoxy groups -OCH3 is 1. The van der Waals surface area contributed by atoms with Crippen molar-refractivity contribution < 1.29 is 9.53 Å². The molecule has 102 valence electrons. The lowest BCUT2D eigenvalue weighted by atomic mass is 9.85. The van der Waals surface area contributed by atoms with Gasteiger partial charge in [-0.05, 0) is 36.0 Å². The summed E-state index contributed by atoms with van der Waals surface area (Å²) < 4.78 is 4.65. The maximum atomic E-state index is 11.3. The van der Waals surface area contributed by atoms with Gasteiger partial charge in [-0.2, -0.15) is 5.26 Å². The van der Waals surface area contributed by atoms with Crippen LogP contribution in [0.25, 0.3) is 0 Å². The second kappa shape index (κ2) is 6.38. The fraction of sp³-hybridized carbons (Fsp3) is 0.500. The number of nitrogens with zero attached hydrogens (tertiary/aromatic N) is 1. The highest BCUT2D eigenvalue weighted by molar-refractivity contribution is 5.89. The first kappa shape index (κ1) is 15.2. The Morgan fingerprint density at radius 1 is 1.32 bits per heavy atom. The Balaban J connectivity index is 2.78. The summed E-state index contributed by atoms with van der Waals surface area (Å²) in [6.45, 7) is 6.51. The molecule has 1 rings (SSSR count). The summed E-state index contributed by atoms with van der Waals surface area (Å²) in [5.41, 5.74) is 1.69. The summed E-state index contributed by atoms with van der Waals surface area (Å²) in [4.78, 5) is 11.3. The SMILES string of the molecule is COC(=O)c1ccc(C(C#N)CCC(C)(C)C)cc1. The fourth-order valence-corrected chi connectivity index (χ4v) is 1.85. The molecule has 0 aromatic heterocycles. The third-order valence-electron chi connectivity index (χ3n) is 3.07. The summed E-state index contributed by atoms with van der Waals surface area (Å²) in [5, 5.41) is 9.26. The maximum absolute atomic E-state index is 11.3. The van der Waals surface area contributed by atoms with Gasteiger partial charge in [0.1, 0.15) is 0 Å². The van der Waals surface area contributed by atoms with Crippen LogP contribution in [0.1, 0.15) is 55.5 Å². The van der Waals surface area contributed by atoms with Crippen LogP contribution in [0.2, 0.25) is 0 Å². The van der Waals surface area contributed by atoms with Gasteiger partial charge in [0.05, 0.1) is 24.7 Å². The summed E-state index contributed by atoms with van der Waals surface area (Å²) in [6, 6.07) is 9.43. The van der Waals surface area contributed by atoms with Gasteiger partial charge in [0.2, 0.25) is 0 Å². The number of esters is 1. The zero-order valence-corrected chi connectivity index (χ0v) is 12.1. The molecule has 0 aliphatic rings. The van der Waals surface area contributed by atoms with E-state index >= 15 is 0 Å². The zero-order chi connectivity index (χ0) is 14.5. The van der Waals surface area contributed by atoms with Gasteiger partial charge in [0.15, 0.2) is 0 Å². The van der Waals surface area contributed by atoms with E-state index in [0.717, 1.165) is 18.4 Å². The third-order valence-corrected chi connectivity index (χ3v) is 3.07. The largest absolute Gasteiger partial charge is 0.465 e. The molecule has 0 heterocycles. The van der Waals surface area contributed by atoms with E-state index < -0.39 is 0 Å². The standard InChI is InChI=1S/C16H21NO2/c1-16(2,3)10-9-14(11-17)12-5-7-13(8-6-12)15(18)19-4/h5-8,14H,9-10H2,1-4H3. The first-order chi connectivity index (χ1) is 8.87. The van der Waals surface area contributed by atoms with E-state index in [1.807, 2.05) is 12.1 Å². The molecule has 0 saturated heterocycles. The zero-order valence-electron chi connectivity index (χ0n) is 12.1. The Hall–Kier alpha value is -1.82. The number of nitriles is 1. The molecule has 0 aliphatic heterocycles. The minimum absolute atomic E-state index is 0.120. The first-order valence-corrected chi connectivity index (χ1v) is 6.45. The van der Waals surface area contributed by atoms with Crippen molar-refractivity contribution in [3.8, 4) is 6.07 Å². The Kier molecular flexibility index (Phi) is 5.11. The topological polar surface area (TPSA) is 50.1 Å². The van der Waals surface area contributed by atoms with E-state index in [1.165, 1.54) is 7.11 Å². The van der Waals surface area contributed by atoms with Gasteiger partial charge in [0, 0.05) is 0 Å². The summed E-state index contributed by atoms with van der Waals surface area (Å²) in [7, 11) is 1.36. The molecule has 1 aromatic rings. The average Bonchev–Trinajstić information content (AvgIpc) is 2.38. The minimum Gasteiger partial charge on any atom is -0.465 e. The highest BCUT2D eigenvalue weighted by atomic mass is 16.5. The molecule has 0 saturated carbocycles. The number of carbonyl (C=O) groups excluding carboxylic acids is 1. The number of benzene rings is 1. The highest BCUT2D eigenvalue weighted by Crippen LogP contribution is 2.28. The van der Waals surface area contributed by atoms with Crippen LogP contribution in [-0.4, -0.2) is 13.1 Å². The predicted molar refractivity (Wildman–Crippen MR) is 74.8 cm³/mol. The van der Waals surface area contributed by atoms with E-state index in [9.17, 15) is 10.1 Å². The van der Waals surface area contributed by atoms with Gasteiger partial charge >= 0.3 is 5.97 Å². The van der Waals surface area contributed by atoms with Gasteiger partial charge in [-0.3, -0.25) is 0 Å². The van der Waals surface area contributed by atoms with E-state index in [0.29, 0.717) is 5.56 Å². The van der Waals surface area contributed by atoms with Crippen LogP contribution in [0.3, 0.4) is 0 Å². The lowest BCUT2D eigenvalue weighted by Crippen LogP contribution is -2.08. The van der Waals surface area contributed by atoms with Gasteiger partial charge < -0.3 is 4.74 Å². The molecule has 1 atom stereocenters. The highest BCUT2D eigenvalue weighted by Gasteiger charge is 2.17. The molecule has 0 amide bonds. The Morgan fingerprint density at radius 3 is 2.32 bits per heavy atom. The fourth-order valence-electron chi connectivity index (χ4n) is 1.85. The van der Waals surface area contributed by atoms with E-state index in [1.54, 1.807) is 12.1 Å². The van der Waals surface area contributed by atoms with E-state index in [-0.39, 0.29) is 17.3 Å². The van der Waals surface area contributed by atoms with Crippen LogP contribution in [0.15, 0.2) is 24.3 Å². The van der Waals surface area contributed by atoms with Crippen LogP contribution in [0.4, 0.5) is 0 Å². The van der Waals surface area contributed by atoms with Crippen molar-refractivity contribution in [2.24, 2.45) is 5.41 Å². The minimum atomic E-state index is -0.352. The molecule has 3 heteroatoms. The molecule has 0 bridgehead atoms. The van der Waals surface area contributed by atoms with E-state index in [4.69, 9.17) is 0 Å². The molecule has 1 unspecified atom stereocenters. The van der Waals surface area contributed by atoms with Crippen molar-refractivity contribution in [2.75, 3.05) is 7.11 Å². The van der Waals surface area contributed by atoms with Crippen molar-refractivity contribution in [3.63, 3.8) is 0 Å². The molecule has 3 nitrogen and oxygen atoms in total. The number of hydrogen-bond donors (Lipinski definition) is 0. The summed E-state index contributed by atoms with van der Waals surface area (Å²) >= 11 is 0. The van der Waals surface area contributed by atoms with Crippen molar-refractivity contribution >= 4 is 5.97 Å². The predicted octanol–water partition coefficient (Wildman–Crippen LogP) is 3.91. The van der Waals surface area contributed by atoms with Crippen molar-refractivity contribution in [1.29, 1.82) is 5.26 Å². The van der Waals surface area contributed by atoms with Gasteiger partial charge in [-0.25, -0.2) is 4.79 Å². The average molecular weight is 259 g/mol. The summed E-state index contributed by atoms with van der Waals surface area (Å²) in [5.74, 6) is -0.472. The molecule has 0 radical (unpaired) electrons. The summed E-state index contributed by atoms with van der Waals surface area (Å²) in [6.07, 6.45) is 1.82. The number of ether oxygens (including phenoxy) is 1. The molecular weight excluding hydrogens is 238 g/mol. The second-order valence-electron chi connectivity index (χ2n) is 5.89. The second-order valence-corrected chi connectivity index (χ2v) is 5.89.